The smallest absolute Gasteiger partial charge is 0.341 e. The van der Waals surface area contributed by atoms with E-state index in [0.717, 1.165) is 11.5 Å². The Morgan fingerprint density at radius 1 is 1.11 bits per heavy atom. The van der Waals surface area contributed by atoms with Crippen LogP contribution in [0.3, 0.4) is 0 Å². The maximum absolute atomic E-state index is 5.99. The third kappa shape index (κ3) is 4.36. The van der Waals surface area contributed by atoms with Crippen molar-refractivity contribution in [3.8, 4) is 0 Å². The largest absolute Gasteiger partial charge is 0.397 e. The lowest BCUT2D eigenvalue weighted by Crippen LogP contribution is -2.47. The lowest BCUT2D eigenvalue weighted by molar-refractivity contribution is 0.209. The van der Waals surface area contributed by atoms with Crippen molar-refractivity contribution in [2.75, 3.05) is 14.2 Å². The zero-order chi connectivity index (χ0) is 13.4. The van der Waals surface area contributed by atoms with Gasteiger partial charge in [-0.1, -0.05) is 52.4 Å². The van der Waals surface area contributed by atoms with Gasteiger partial charge in [0, 0.05) is 19.8 Å². The van der Waals surface area contributed by atoms with Crippen molar-refractivity contribution in [1.82, 2.24) is 0 Å². The average molecular weight is 273 g/mol. The summed E-state index contributed by atoms with van der Waals surface area (Å²) >= 11 is 0. The van der Waals surface area contributed by atoms with E-state index in [2.05, 4.69) is 13.8 Å². The van der Waals surface area contributed by atoms with Gasteiger partial charge in [-0.2, -0.15) is 0 Å². The highest BCUT2D eigenvalue weighted by Gasteiger charge is 2.45. The summed E-state index contributed by atoms with van der Waals surface area (Å²) in [6.07, 6.45) is 10.8. The van der Waals surface area contributed by atoms with Crippen LogP contribution in [-0.4, -0.2) is 22.8 Å². The Labute approximate surface area is 115 Å². The Balaban J connectivity index is 2.60. The van der Waals surface area contributed by atoms with Crippen molar-refractivity contribution < 1.29 is 8.85 Å². The van der Waals surface area contributed by atoms with Crippen molar-refractivity contribution in [3.63, 3.8) is 0 Å². The molecule has 2 nitrogen and oxygen atoms in total. The predicted molar refractivity (Wildman–Crippen MR) is 80.1 cm³/mol. The summed E-state index contributed by atoms with van der Waals surface area (Å²) in [6, 6.07) is 1.19. The molecule has 1 aliphatic rings. The van der Waals surface area contributed by atoms with Crippen molar-refractivity contribution in [1.29, 1.82) is 0 Å². The number of unbranched alkanes of at least 4 members (excludes halogenated alkanes) is 1. The highest BCUT2D eigenvalue weighted by Crippen LogP contribution is 2.41. The lowest BCUT2D eigenvalue weighted by atomic mass is 10.0. The van der Waals surface area contributed by atoms with E-state index in [9.17, 15) is 0 Å². The van der Waals surface area contributed by atoms with E-state index in [-0.39, 0.29) is 0 Å². The van der Waals surface area contributed by atoms with Gasteiger partial charge in [-0.05, 0) is 24.8 Å². The fourth-order valence-electron chi connectivity index (χ4n) is 3.43. The summed E-state index contributed by atoms with van der Waals surface area (Å²) in [4.78, 5) is 0. The molecule has 0 aromatic rings. The Hall–Kier alpha value is 0.137. The fraction of sp³-hybridized carbons (Fsp3) is 1.00. The summed E-state index contributed by atoms with van der Waals surface area (Å²) in [5.74, 6) is 0.749. The molecule has 108 valence electrons. The molecule has 0 aliphatic heterocycles. The number of hydrogen-bond donors (Lipinski definition) is 0. The van der Waals surface area contributed by atoms with Gasteiger partial charge in [0.1, 0.15) is 0 Å². The van der Waals surface area contributed by atoms with E-state index in [1.807, 2.05) is 14.2 Å². The molecule has 3 heteroatoms. The topological polar surface area (TPSA) is 18.5 Å². The van der Waals surface area contributed by atoms with Gasteiger partial charge in [-0.25, -0.2) is 0 Å². The van der Waals surface area contributed by atoms with E-state index in [4.69, 9.17) is 8.85 Å². The van der Waals surface area contributed by atoms with Crippen LogP contribution in [0.15, 0.2) is 0 Å². The van der Waals surface area contributed by atoms with Crippen LogP contribution in [0.2, 0.25) is 11.6 Å². The highest BCUT2D eigenvalue weighted by atomic mass is 28.4. The second kappa shape index (κ2) is 8.34. The molecule has 0 aromatic carbocycles. The van der Waals surface area contributed by atoms with Crippen LogP contribution in [0.4, 0.5) is 0 Å². The van der Waals surface area contributed by atoms with Gasteiger partial charge in [-0.15, -0.1) is 0 Å². The SMILES string of the molecule is CCCCC(C)C[Si](OC)(OC)C1CCCCC1. The minimum atomic E-state index is -1.96. The summed E-state index contributed by atoms with van der Waals surface area (Å²) in [6.45, 7) is 4.64. The molecule has 1 aliphatic carbocycles. The molecule has 0 N–H and O–H groups in total. The predicted octanol–water partition coefficient (Wildman–Crippen LogP) is 4.88. The molecule has 1 saturated carbocycles. The molecular formula is C15H32O2Si. The van der Waals surface area contributed by atoms with E-state index in [0.29, 0.717) is 0 Å². The van der Waals surface area contributed by atoms with Gasteiger partial charge in [0.15, 0.2) is 0 Å². The van der Waals surface area contributed by atoms with Gasteiger partial charge in [-0.3, -0.25) is 0 Å². The van der Waals surface area contributed by atoms with Gasteiger partial charge < -0.3 is 8.85 Å². The first kappa shape index (κ1) is 16.2. The van der Waals surface area contributed by atoms with E-state index in [1.54, 1.807) is 0 Å². The van der Waals surface area contributed by atoms with Crippen LogP contribution < -0.4 is 0 Å². The Morgan fingerprint density at radius 2 is 1.72 bits per heavy atom. The van der Waals surface area contributed by atoms with Gasteiger partial charge in [0.25, 0.3) is 0 Å². The molecule has 0 bridgehead atoms. The molecule has 1 unspecified atom stereocenters. The minimum Gasteiger partial charge on any atom is -0.397 e. The summed E-state index contributed by atoms with van der Waals surface area (Å²) in [7, 11) is 1.82. The summed E-state index contributed by atoms with van der Waals surface area (Å²) in [5.41, 5.74) is 0.727. The van der Waals surface area contributed by atoms with E-state index >= 15 is 0 Å². The van der Waals surface area contributed by atoms with Crippen molar-refractivity contribution >= 4 is 8.56 Å². The van der Waals surface area contributed by atoms with Crippen LogP contribution in [0.25, 0.3) is 0 Å². The minimum absolute atomic E-state index is 0.727. The summed E-state index contributed by atoms with van der Waals surface area (Å²) in [5, 5.41) is 0. The molecule has 0 saturated heterocycles. The first-order chi connectivity index (χ1) is 8.68. The van der Waals surface area contributed by atoms with Gasteiger partial charge in [0.05, 0.1) is 0 Å². The monoisotopic (exact) mass is 272 g/mol. The second-order valence-electron chi connectivity index (χ2n) is 6.01. The Kier molecular flexibility index (Phi) is 7.50. The highest BCUT2D eigenvalue weighted by molar-refractivity contribution is 6.69. The number of hydrogen-bond acceptors (Lipinski definition) is 2. The van der Waals surface area contributed by atoms with Crippen LogP contribution in [-0.2, 0) is 8.85 Å². The molecular weight excluding hydrogens is 240 g/mol. The van der Waals surface area contributed by atoms with E-state index in [1.165, 1.54) is 57.4 Å². The molecule has 1 rings (SSSR count). The van der Waals surface area contributed by atoms with Crippen LogP contribution >= 0.6 is 0 Å². The van der Waals surface area contributed by atoms with Crippen LogP contribution in [0.5, 0.6) is 0 Å². The second-order valence-corrected chi connectivity index (χ2v) is 9.67. The normalized spacial score (nSPS) is 20.0. The van der Waals surface area contributed by atoms with Gasteiger partial charge in [0.2, 0.25) is 0 Å². The quantitative estimate of drug-likeness (QED) is 0.586. The Bertz CT molecular complexity index is 211. The van der Waals surface area contributed by atoms with Crippen LogP contribution in [0.1, 0.15) is 65.2 Å². The van der Waals surface area contributed by atoms with Crippen molar-refractivity contribution in [3.05, 3.63) is 0 Å². The number of rotatable bonds is 8. The zero-order valence-electron chi connectivity index (χ0n) is 12.8. The van der Waals surface area contributed by atoms with E-state index < -0.39 is 8.56 Å². The third-order valence-electron chi connectivity index (χ3n) is 4.60. The first-order valence-electron chi connectivity index (χ1n) is 7.78. The standard InChI is InChI=1S/C15H32O2Si/c1-5-6-10-14(2)13-18(16-3,17-4)15-11-8-7-9-12-15/h14-15H,5-13H2,1-4H3. The zero-order valence-corrected chi connectivity index (χ0v) is 13.8. The van der Waals surface area contributed by atoms with Gasteiger partial charge >= 0.3 is 8.56 Å². The van der Waals surface area contributed by atoms with Crippen molar-refractivity contribution in [2.24, 2.45) is 5.92 Å². The molecule has 18 heavy (non-hydrogen) atoms. The summed E-state index contributed by atoms with van der Waals surface area (Å²) < 4.78 is 12.0. The fourth-order valence-corrected chi connectivity index (χ4v) is 7.40. The maximum Gasteiger partial charge on any atom is 0.341 e. The molecule has 0 aromatic heterocycles. The molecule has 0 heterocycles. The van der Waals surface area contributed by atoms with Crippen molar-refractivity contribution in [2.45, 2.75) is 76.8 Å². The maximum atomic E-state index is 5.99. The molecule has 1 fully saturated rings. The molecule has 0 amide bonds. The molecule has 1 atom stereocenters. The average Bonchev–Trinajstić information content (AvgIpc) is 2.43. The third-order valence-corrected chi connectivity index (χ3v) is 9.07. The molecule has 0 spiro atoms. The lowest BCUT2D eigenvalue weighted by Gasteiger charge is -2.38. The first-order valence-corrected chi connectivity index (χ1v) is 9.89. The Morgan fingerprint density at radius 3 is 2.22 bits per heavy atom. The molecule has 0 radical (unpaired) electrons. The van der Waals surface area contributed by atoms with Crippen LogP contribution in [0, 0.1) is 5.92 Å².